The van der Waals surface area contributed by atoms with Crippen LogP contribution in [0.5, 0.6) is 0 Å². The number of hydrogen-bond acceptors (Lipinski definition) is 3. The molecular weight excluding hydrogens is 218 g/mol. The molecular formula is C12H17N3O2. The summed E-state index contributed by atoms with van der Waals surface area (Å²) < 4.78 is 0. The molecule has 0 aromatic carbocycles. The molecule has 0 bridgehead atoms. The van der Waals surface area contributed by atoms with Crippen molar-refractivity contribution in [3.63, 3.8) is 0 Å². The lowest BCUT2D eigenvalue weighted by Crippen LogP contribution is -2.42. The van der Waals surface area contributed by atoms with Crippen LogP contribution in [0, 0.1) is 12.3 Å². The molecule has 3 N–H and O–H groups in total. The number of nitrogens with zero attached hydrogens (tertiary/aromatic N) is 1. The van der Waals surface area contributed by atoms with Crippen molar-refractivity contribution in [1.82, 2.24) is 10.3 Å². The first-order valence-electron chi connectivity index (χ1n) is 5.35. The molecule has 0 aliphatic rings. The fourth-order valence-corrected chi connectivity index (χ4v) is 1.15. The zero-order valence-electron chi connectivity index (χ0n) is 10.3. The minimum atomic E-state index is -0.764. The summed E-state index contributed by atoms with van der Waals surface area (Å²) >= 11 is 0. The predicted octanol–water partition coefficient (Wildman–Crippen LogP) is 0.631. The van der Waals surface area contributed by atoms with E-state index in [2.05, 4.69) is 10.3 Å². The predicted molar refractivity (Wildman–Crippen MR) is 64.3 cm³/mol. The van der Waals surface area contributed by atoms with Gasteiger partial charge in [0.25, 0.3) is 5.91 Å². The Morgan fingerprint density at radius 3 is 2.59 bits per heavy atom. The molecule has 17 heavy (non-hydrogen) atoms. The number of carbonyl (C=O) groups excluding carboxylic acids is 2. The van der Waals surface area contributed by atoms with Gasteiger partial charge < -0.3 is 11.1 Å². The van der Waals surface area contributed by atoms with E-state index >= 15 is 0 Å². The Hall–Kier alpha value is -1.91. The van der Waals surface area contributed by atoms with Crippen LogP contribution in [0.25, 0.3) is 0 Å². The second-order valence-corrected chi connectivity index (χ2v) is 4.60. The van der Waals surface area contributed by atoms with Crippen LogP contribution >= 0.6 is 0 Å². The third-order valence-corrected chi connectivity index (χ3v) is 2.48. The molecule has 0 saturated heterocycles. The maximum atomic E-state index is 11.7. The van der Waals surface area contributed by atoms with E-state index in [1.165, 1.54) is 0 Å². The standard InChI is InChI=1S/C12H17N3O2/c1-8-5-4-6-9(15-8)10(16)14-7-12(2,3)11(13)17/h4-6H,7H2,1-3H3,(H2,13,17)(H,14,16). The van der Waals surface area contributed by atoms with E-state index in [-0.39, 0.29) is 12.5 Å². The van der Waals surface area contributed by atoms with Gasteiger partial charge in [-0.2, -0.15) is 0 Å². The molecule has 5 nitrogen and oxygen atoms in total. The minimum Gasteiger partial charge on any atom is -0.369 e. The molecule has 1 aromatic heterocycles. The second kappa shape index (κ2) is 4.95. The summed E-state index contributed by atoms with van der Waals surface area (Å²) in [4.78, 5) is 26.9. The zero-order valence-corrected chi connectivity index (χ0v) is 10.3. The summed E-state index contributed by atoms with van der Waals surface area (Å²) in [5.41, 5.74) is 5.56. The number of carbonyl (C=O) groups is 2. The van der Waals surface area contributed by atoms with Gasteiger partial charge in [-0.1, -0.05) is 6.07 Å². The number of hydrogen-bond donors (Lipinski definition) is 2. The fourth-order valence-electron chi connectivity index (χ4n) is 1.15. The van der Waals surface area contributed by atoms with Crippen molar-refractivity contribution < 1.29 is 9.59 Å². The number of amides is 2. The summed E-state index contributed by atoms with van der Waals surface area (Å²) in [6.45, 7) is 5.36. The molecule has 0 spiro atoms. The van der Waals surface area contributed by atoms with Gasteiger partial charge in [-0.05, 0) is 32.9 Å². The van der Waals surface area contributed by atoms with Crippen molar-refractivity contribution in [3.8, 4) is 0 Å². The minimum absolute atomic E-state index is 0.191. The molecule has 0 unspecified atom stereocenters. The lowest BCUT2D eigenvalue weighted by Gasteiger charge is -2.20. The van der Waals surface area contributed by atoms with Crippen molar-refractivity contribution in [1.29, 1.82) is 0 Å². The summed E-state index contributed by atoms with van der Waals surface area (Å²) in [6, 6.07) is 5.19. The quantitative estimate of drug-likeness (QED) is 0.802. The van der Waals surface area contributed by atoms with E-state index in [1.54, 1.807) is 26.0 Å². The highest BCUT2D eigenvalue weighted by Crippen LogP contribution is 2.12. The Balaban J connectivity index is 2.65. The van der Waals surface area contributed by atoms with E-state index in [4.69, 9.17) is 5.73 Å². The Labute approximate surface area is 100 Å². The highest BCUT2D eigenvalue weighted by Gasteiger charge is 2.25. The number of primary amides is 1. The molecule has 0 aliphatic carbocycles. The van der Waals surface area contributed by atoms with E-state index in [9.17, 15) is 9.59 Å². The largest absolute Gasteiger partial charge is 0.369 e. The highest BCUT2D eigenvalue weighted by molar-refractivity contribution is 5.92. The average molecular weight is 235 g/mol. The number of nitrogens with one attached hydrogen (secondary N) is 1. The van der Waals surface area contributed by atoms with Gasteiger partial charge in [0.2, 0.25) is 5.91 Å². The van der Waals surface area contributed by atoms with E-state index in [0.29, 0.717) is 5.69 Å². The van der Waals surface area contributed by atoms with Crippen LogP contribution in [0.2, 0.25) is 0 Å². The molecule has 1 aromatic rings. The summed E-state index contributed by atoms with van der Waals surface area (Å²) in [7, 11) is 0. The van der Waals surface area contributed by atoms with Crippen LogP contribution in [-0.4, -0.2) is 23.3 Å². The van der Waals surface area contributed by atoms with Crippen molar-refractivity contribution in [2.24, 2.45) is 11.1 Å². The molecule has 0 radical (unpaired) electrons. The van der Waals surface area contributed by atoms with Gasteiger partial charge >= 0.3 is 0 Å². The number of pyridine rings is 1. The lowest BCUT2D eigenvalue weighted by molar-refractivity contribution is -0.125. The maximum absolute atomic E-state index is 11.7. The van der Waals surface area contributed by atoms with Crippen LogP contribution in [0.4, 0.5) is 0 Å². The monoisotopic (exact) mass is 235 g/mol. The number of nitrogens with two attached hydrogens (primary N) is 1. The van der Waals surface area contributed by atoms with Crippen molar-refractivity contribution >= 4 is 11.8 Å². The SMILES string of the molecule is Cc1cccc(C(=O)NCC(C)(C)C(N)=O)n1. The van der Waals surface area contributed by atoms with Gasteiger partial charge in [0.15, 0.2) is 0 Å². The fraction of sp³-hybridized carbons (Fsp3) is 0.417. The molecule has 1 rings (SSSR count). The van der Waals surface area contributed by atoms with Crippen molar-refractivity contribution in [2.75, 3.05) is 6.54 Å². The third kappa shape index (κ3) is 3.55. The summed E-state index contributed by atoms with van der Waals surface area (Å²) in [5, 5.41) is 2.65. The second-order valence-electron chi connectivity index (χ2n) is 4.60. The van der Waals surface area contributed by atoms with Crippen LogP contribution in [0.15, 0.2) is 18.2 Å². The summed E-state index contributed by atoms with van der Waals surface area (Å²) in [5.74, 6) is -0.752. The highest BCUT2D eigenvalue weighted by atomic mass is 16.2. The van der Waals surface area contributed by atoms with Gasteiger partial charge in [0, 0.05) is 12.2 Å². The first kappa shape index (κ1) is 13.2. The smallest absolute Gasteiger partial charge is 0.269 e. The Morgan fingerprint density at radius 2 is 2.06 bits per heavy atom. The van der Waals surface area contributed by atoms with Crippen LogP contribution < -0.4 is 11.1 Å². The van der Waals surface area contributed by atoms with Gasteiger partial charge in [-0.25, -0.2) is 4.98 Å². The molecule has 0 aliphatic heterocycles. The van der Waals surface area contributed by atoms with E-state index in [0.717, 1.165) is 5.69 Å². The number of rotatable bonds is 4. The molecule has 2 amide bonds. The maximum Gasteiger partial charge on any atom is 0.269 e. The topological polar surface area (TPSA) is 85.1 Å². The molecule has 0 atom stereocenters. The first-order valence-corrected chi connectivity index (χ1v) is 5.35. The molecule has 0 fully saturated rings. The molecule has 92 valence electrons. The Bertz CT molecular complexity index is 441. The molecule has 0 saturated carbocycles. The summed E-state index contributed by atoms with van der Waals surface area (Å²) in [6.07, 6.45) is 0. The van der Waals surface area contributed by atoms with Crippen LogP contribution in [-0.2, 0) is 4.79 Å². The number of aromatic nitrogens is 1. The van der Waals surface area contributed by atoms with Gasteiger partial charge in [-0.15, -0.1) is 0 Å². The van der Waals surface area contributed by atoms with Gasteiger partial charge in [0.1, 0.15) is 5.69 Å². The molecule has 5 heteroatoms. The first-order chi connectivity index (χ1) is 7.83. The van der Waals surface area contributed by atoms with E-state index < -0.39 is 11.3 Å². The van der Waals surface area contributed by atoms with Crippen LogP contribution in [0.3, 0.4) is 0 Å². The lowest BCUT2D eigenvalue weighted by atomic mass is 9.93. The normalized spacial score (nSPS) is 11.0. The average Bonchev–Trinajstić information content (AvgIpc) is 2.25. The number of aryl methyl sites for hydroxylation is 1. The van der Waals surface area contributed by atoms with Crippen LogP contribution in [0.1, 0.15) is 30.0 Å². The van der Waals surface area contributed by atoms with Crippen molar-refractivity contribution in [3.05, 3.63) is 29.6 Å². The van der Waals surface area contributed by atoms with Gasteiger partial charge in [-0.3, -0.25) is 9.59 Å². The Kier molecular flexibility index (Phi) is 3.83. The zero-order chi connectivity index (χ0) is 13.1. The molecule has 1 heterocycles. The Morgan fingerprint density at radius 1 is 1.41 bits per heavy atom. The third-order valence-electron chi connectivity index (χ3n) is 2.48. The van der Waals surface area contributed by atoms with Gasteiger partial charge in [0.05, 0.1) is 5.41 Å². The van der Waals surface area contributed by atoms with Crippen molar-refractivity contribution in [2.45, 2.75) is 20.8 Å². The van der Waals surface area contributed by atoms with E-state index in [1.807, 2.05) is 13.0 Å².